The number of aliphatic hydroxyl groups excluding tert-OH is 1. The highest BCUT2D eigenvalue weighted by Crippen LogP contribution is 2.24. The van der Waals surface area contributed by atoms with Gasteiger partial charge >= 0.3 is 0 Å². The molecule has 2 aromatic heterocycles. The Morgan fingerprint density at radius 3 is 2.89 bits per heavy atom. The number of aromatic nitrogens is 3. The Labute approximate surface area is 116 Å². The molecule has 2 rings (SSSR count). The van der Waals surface area contributed by atoms with Gasteiger partial charge in [0.25, 0.3) is 0 Å². The van der Waals surface area contributed by atoms with Crippen molar-refractivity contribution in [3.05, 3.63) is 24.4 Å². The Balaban J connectivity index is 1.95. The minimum atomic E-state index is -0.368. The molecular weight excluding hydrogens is 260 g/mol. The first-order chi connectivity index (χ1) is 9.20. The third-order valence-corrected chi connectivity index (χ3v) is 3.98. The minimum absolute atomic E-state index is 0.274. The Hall–Kier alpha value is -1.53. The van der Waals surface area contributed by atoms with Crippen molar-refractivity contribution in [2.24, 2.45) is 5.92 Å². The maximum absolute atomic E-state index is 9.88. The Bertz CT molecular complexity index is 502. The highest BCUT2D eigenvalue weighted by Gasteiger charge is 2.13. The summed E-state index contributed by atoms with van der Waals surface area (Å²) in [6.07, 6.45) is 2.32. The van der Waals surface area contributed by atoms with E-state index in [1.807, 2.05) is 25.1 Å². The summed E-state index contributed by atoms with van der Waals surface area (Å²) in [5.41, 5.74) is 0.815. The Morgan fingerprint density at radius 2 is 2.21 bits per heavy atom. The summed E-state index contributed by atoms with van der Waals surface area (Å²) in [5, 5.41) is 22.6. The quantitative estimate of drug-likeness (QED) is 0.849. The maximum Gasteiger partial charge on any atom is 0.206 e. The van der Waals surface area contributed by atoms with Crippen LogP contribution in [0.2, 0.25) is 0 Å². The Kier molecular flexibility index (Phi) is 4.81. The second kappa shape index (κ2) is 6.58. The lowest BCUT2D eigenvalue weighted by Crippen LogP contribution is -2.26. The molecule has 2 aromatic rings. The summed E-state index contributed by atoms with van der Waals surface area (Å²) in [6.45, 7) is 4.59. The van der Waals surface area contributed by atoms with Crippen LogP contribution in [0, 0.1) is 5.92 Å². The first-order valence-corrected chi connectivity index (χ1v) is 7.19. The van der Waals surface area contributed by atoms with Crippen LogP contribution in [0.5, 0.6) is 0 Å². The fraction of sp³-hybridized carbons (Fsp3) is 0.462. The lowest BCUT2D eigenvalue weighted by atomic mass is 10.0. The number of nitrogens with one attached hydrogen (secondary N) is 1. The van der Waals surface area contributed by atoms with Crippen LogP contribution in [0.4, 0.5) is 5.13 Å². The smallest absolute Gasteiger partial charge is 0.206 e. The van der Waals surface area contributed by atoms with Gasteiger partial charge in [-0.05, 0) is 18.1 Å². The zero-order valence-electron chi connectivity index (χ0n) is 11.1. The van der Waals surface area contributed by atoms with Gasteiger partial charge in [-0.1, -0.05) is 37.7 Å². The first kappa shape index (κ1) is 13.9. The molecule has 5 nitrogen and oxygen atoms in total. The van der Waals surface area contributed by atoms with Gasteiger partial charge in [-0.25, -0.2) is 0 Å². The Morgan fingerprint density at radius 1 is 1.37 bits per heavy atom. The zero-order chi connectivity index (χ0) is 13.7. The molecule has 19 heavy (non-hydrogen) atoms. The largest absolute Gasteiger partial charge is 0.391 e. The summed E-state index contributed by atoms with van der Waals surface area (Å²) in [5.74, 6) is 0.274. The third-order valence-electron chi connectivity index (χ3n) is 3.07. The molecule has 0 spiro atoms. The van der Waals surface area contributed by atoms with Crippen LogP contribution in [0.1, 0.15) is 20.3 Å². The molecule has 0 aliphatic rings. The van der Waals surface area contributed by atoms with Crippen molar-refractivity contribution in [2.75, 3.05) is 11.9 Å². The SMILES string of the molecule is CCC(C)C(O)CNc1nnc(-c2ccccn2)s1. The van der Waals surface area contributed by atoms with Crippen LogP contribution in [-0.2, 0) is 0 Å². The molecule has 102 valence electrons. The van der Waals surface area contributed by atoms with Crippen molar-refractivity contribution in [1.82, 2.24) is 15.2 Å². The summed E-state index contributed by atoms with van der Waals surface area (Å²) < 4.78 is 0. The number of pyridine rings is 1. The van der Waals surface area contributed by atoms with Crippen LogP contribution in [0.15, 0.2) is 24.4 Å². The lowest BCUT2D eigenvalue weighted by Gasteiger charge is -2.16. The van der Waals surface area contributed by atoms with E-state index in [4.69, 9.17) is 0 Å². The predicted molar refractivity (Wildman–Crippen MR) is 77.1 cm³/mol. The molecule has 6 heteroatoms. The minimum Gasteiger partial charge on any atom is -0.391 e. The van der Waals surface area contributed by atoms with Gasteiger partial charge in [-0.15, -0.1) is 10.2 Å². The van der Waals surface area contributed by atoms with Gasteiger partial charge in [0.1, 0.15) is 5.69 Å². The number of rotatable bonds is 6. The van der Waals surface area contributed by atoms with Crippen molar-refractivity contribution < 1.29 is 5.11 Å². The molecule has 0 saturated heterocycles. The van der Waals surface area contributed by atoms with E-state index in [1.54, 1.807) is 6.20 Å². The number of aliphatic hydroxyl groups is 1. The van der Waals surface area contributed by atoms with Crippen LogP contribution in [0.3, 0.4) is 0 Å². The fourth-order valence-corrected chi connectivity index (χ4v) is 2.28. The molecule has 2 unspecified atom stereocenters. The van der Waals surface area contributed by atoms with E-state index in [-0.39, 0.29) is 12.0 Å². The van der Waals surface area contributed by atoms with Crippen molar-refractivity contribution in [3.8, 4) is 10.7 Å². The molecule has 0 aliphatic heterocycles. The predicted octanol–water partition coefficient (Wildman–Crippen LogP) is 2.42. The van der Waals surface area contributed by atoms with E-state index in [0.717, 1.165) is 17.1 Å². The number of hydrogen-bond donors (Lipinski definition) is 2. The van der Waals surface area contributed by atoms with Gasteiger partial charge in [-0.2, -0.15) is 0 Å². The second-order valence-corrected chi connectivity index (χ2v) is 5.44. The van der Waals surface area contributed by atoms with Crippen molar-refractivity contribution in [3.63, 3.8) is 0 Å². The second-order valence-electron chi connectivity index (χ2n) is 4.46. The van der Waals surface area contributed by atoms with Crippen LogP contribution < -0.4 is 5.32 Å². The van der Waals surface area contributed by atoms with Crippen molar-refractivity contribution >= 4 is 16.5 Å². The van der Waals surface area contributed by atoms with Gasteiger partial charge in [0, 0.05) is 12.7 Å². The number of nitrogens with zero attached hydrogens (tertiary/aromatic N) is 3. The molecule has 2 N–H and O–H groups in total. The molecule has 2 atom stereocenters. The molecule has 2 heterocycles. The van der Waals surface area contributed by atoms with Gasteiger partial charge in [0.05, 0.1) is 6.10 Å². The molecule has 0 bridgehead atoms. The summed E-state index contributed by atoms with van der Waals surface area (Å²) >= 11 is 1.44. The van der Waals surface area contributed by atoms with Crippen LogP contribution in [-0.4, -0.2) is 32.9 Å². The van der Waals surface area contributed by atoms with E-state index in [0.29, 0.717) is 11.7 Å². The molecule has 0 amide bonds. The standard InChI is InChI=1S/C13H18N4OS/c1-3-9(2)11(18)8-15-13-17-16-12(19-13)10-6-4-5-7-14-10/h4-7,9,11,18H,3,8H2,1-2H3,(H,15,17). The van der Waals surface area contributed by atoms with Gasteiger partial charge in [0.2, 0.25) is 5.13 Å². The monoisotopic (exact) mass is 278 g/mol. The van der Waals surface area contributed by atoms with E-state index < -0.39 is 0 Å². The third kappa shape index (κ3) is 3.71. The highest BCUT2D eigenvalue weighted by molar-refractivity contribution is 7.18. The van der Waals surface area contributed by atoms with Gasteiger partial charge in [0.15, 0.2) is 5.01 Å². The van der Waals surface area contributed by atoms with E-state index in [2.05, 4.69) is 27.4 Å². The molecule has 0 aromatic carbocycles. The average molecular weight is 278 g/mol. The average Bonchev–Trinajstić information content (AvgIpc) is 2.93. The van der Waals surface area contributed by atoms with Crippen LogP contribution in [0.25, 0.3) is 10.7 Å². The fourth-order valence-electron chi connectivity index (χ4n) is 1.55. The lowest BCUT2D eigenvalue weighted by molar-refractivity contribution is 0.126. The zero-order valence-corrected chi connectivity index (χ0v) is 11.9. The van der Waals surface area contributed by atoms with Crippen LogP contribution >= 0.6 is 11.3 Å². The van der Waals surface area contributed by atoms with E-state index in [1.165, 1.54) is 11.3 Å². The molecule has 0 radical (unpaired) electrons. The molecule has 0 saturated carbocycles. The molecular formula is C13H18N4OS. The molecule has 0 aliphatic carbocycles. The maximum atomic E-state index is 9.88. The number of hydrogen-bond acceptors (Lipinski definition) is 6. The topological polar surface area (TPSA) is 70.9 Å². The van der Waals surface area contributed by atoms with Crippen molar-refractivity contribution in [1.29, 1.82) is 0 Å². The van der Waals surface area contributed by atoms with Gasteiger partial charge < -0.3 is 10.4 Å². The van der Waals surface area contributed by atoms with E-state index in [9.17, 15) is 5.11 Å². The van der Waals surface area contributed by atoms with Crippen molar-refractivity contribution in [2.45, 2.75) is 26.4 Å². The number of anilines is 1. The van der Waals surface area contributed by atoms with E-state index >= 15 is 0 Å². The first-order valence-electron chi connectivity index (χ1n) is 6.37. The molecule has 0 fully saturated rings. The summed E-state index contributed by atoms with van der Waals surface area (Å²) in [7, 11) is 0. The normalized spacial score (nSPS) is 14.1. The highest BCUT2D eigenvalue weighted by atomic mass is 32.1. The summed E-state index contributed by atoms with van der Waals surface area (Å²) in [6, 6.07) is 5.69. The van der Waals surface area contributed by atoms with Gasteiger partial charge in [-0.3, -0.25) is 4.98 Å². The summed E-state index contributed by atoms with van der Waals surface area (Å²) in [4.78, 5) is 4.23.